The van der Waals surface area contributed by atoms with Crippen LogP contribution in [0.3, 0.4) is 0 Å². The third-order valence-electron chi connectivity index (χ3n) is 8.30. The molecule has 2 heterocycles. The Kier molecular flexibility index (Phi) is 10.9. The van der Waals surface area contributed by atoms with Gasteiger partial charge in [-0.3, -0.25) is 4.79 Å². The largest absolute Gasteiger partial charge is 0.411 e. The molecule has 1 atom stereocenters. The summed E-state index contributed by atoms with van der Waals surface area (Å²) in [5.74, 6) is -1.52. The molecule has 46 heavy (non-hydrogen) atoms. The Hall–Kier alpha value is -4.03. The normalized spacial score (nSPS) is 15.2. The van der Waals surface area contributed by atoms with E-state index >= 15 is 0 Å². The average molecular weight is 644 g/mol. The fourth-order valence-corrected chi connectivity index (χ4v) is 5.95. The summed E-state index contributed by atoms with van der Waals surface area (Å²) in [6.45, 7) is 2.71. The minimum atomic E-state index is -4.38. The number of halogens is 5. The van der Waals surface area contributed by atoms with Gasteiger partial charge in [0.1, 0.15) is 6.61 Å². The van der Waals surface area contributed by atoms with Crippen molar-refractivity contribution in [1.82, 2.24) is 19.4 Å². The predicted molar refractivity (Wildman–Crippen MR) is 167 cm³/mol. The molecule has 0 N–H and O–H groups in total. The molecule has 1 amide bonds. The molecule has 0 radical (unpaired) electrons. The summed E-state index contributed by atoms with van der Waals surface area (Å²) in [4.78, 5) is 24.0. The zero-order valence-corrected chi connectivity index (χ0v) is 25.7. The number of aromatic nitrogens is 2. The maximum atomic E-state index is 14.3. The van der Waals surface area contributed by atoms with Crippen LogP contribution in [0.25, 0.3) is 11.0 Å². The van der Waals surface area contributed by atoms with Gasteiger partial charge in [0.2, 0.25) is 5.95 Å². The van der Waals surface area contributed by atoms with Crippen molar-refractivity contribution in [2.24, 2.45) is 0 Å². The van der Waals surface area contributed by atoms with Crippen molar-refractivity contribution in [3.8, 4) is 0 Å². The van der Waals surface area contributed by atoms with Crippen molar-refractivity contribution in [3.63, 3.8) is 0 Å². The van der Waals surface area contributed by atoms with Gasteiger partial charge in [-0.1, -0.05) is 36.4 Å². The van der Waals surface area contributed by atoms with E-state index < -0.39 is 24.4 Å². The average Bonchev–Trinajstić information content (AvgIpc) is 3.24. The standard InChI is InChI=1S/C34H38F5N5O2/c1-41(32(45)25-8-3-2-4-9-25)23-27(26-12-13-28(35)29(36)22-26)14-17-42-15-7-16-43(19-18-42)33-40-30-10-5-6-11-31(30)44(33)20-21-46-24-34(37,38)39/h2-6,8-13,22,27H,7,14-21,23-24H2,1H3. The molecule has 12 heteroatoms. The number of carbonyl (C=O) groups is 1. The summed E-state index contributed by atoms with van der Waals surface area (Å²) in [5, 5.41) is 0. The molecule has 0 saturated carbocycles. The van der Waals surface area contributed by atoms with Gasteiger partial charge < -0.3 is 24.0 Å². The van der Waals surface area contributed by atoms with Gasteiger partial charge in [0.25, 0.3) is 5.91 Å². The number of likely N-dealkylation sites (N-methyl/N-ethyl adjacent to an activating group) is 1. The number of fused-ring (bicyclic) bond motifs is 1. The molecular weight excluding hydrogens is 605 g/mol. The Morgan fingerprint density at radius 2 is 1.70 bits per heavy atom. The van der Waals surface area contributed by atoms with Crippen LogP contribution in [0.1, 0.15) is 34.7 Å². The maximum absolute atomic E-state index is 14.3. The van der Waals surface area contributed by atoms with E-state index in [-0.39, 0.29) is 25.0 Å². The smallest absolute Gasteiger partial charge is 0.370 e. The fourth-order valence-electron chi connectivity index (χ4n) is 5.95. The molecule has 4 aromatic rings. The highest BCUT2D eigenvalue weighted by molar-refractivity contribution is 5.94. The zero-order chi connectivity index (χ0) is 32.7. The summed E-state index contributed by atoms with van der Waals surface area (Å²) in [6, 6.07) is 20.4. The number of amides is 1. The second-order valence-electron chi connectivity index (χ2n) is 11.6. The first kappa shape index (κ1) is 33.3. The summed E-state index contributed by atoms with van der Waals surface area (Å²) in [6.07, 6.45) is -2.94. The minimum absolute atomic E-state index is 0.0978. The molecule has 246 valence electrons. The molecule has 1 aromatic heterocycles. The number of alkyl halides is 3. The number of anilines is 1. The molecule has 1 aliphatic heterocycles. The third kappa shape index (κ3) is 8.61. The minimum Gasteiger partial charge on any atom is -0.370 e. The maximum Gasteiger partial charge on any atom is 0.411 e. The van der Waals surface area contributed by atoms with Crippen LogP contribution < -0.4 is 4.90 Å². The molecule has 1 saturated heterocycles. The molecule has 0 spiro atoms. The van der Waals surface area contributed by atoms with Crippen LogP contribution in [0, 0.1) is 11.6 Å². The van der Waals surface area contributed by atoms with E-state index in [0.29, 0.717) is 56.2 Å². The van der Waals surface area contributed by atoms with Crippen LogP contribution in [0.5, 0.6) is 0 Å². The highest BCUT2D eigenvalue weighted by Crippen LogP contribution is 2.27. The lowest BCUT2D eigenvalue weighted by Gasteiger charge is -2.28. The van der Waals surface area contributed by atoms with Crippen molar-refractivity contribution in [2.75, 3.05) is 64.4 Å². The first-order chi connectivity index (χ1) is 22.1. The highest BCUT2D eigenvalue weighted by Gasteiger charge is 2.28. The lowest BCUT2D eigenvalue weighted by atomic mass is 9.94. The lowest BCUT2D eigenvalue weighted by Crippen LogP contribution is -2.35. The third-order valence-corrected chi connectivity index (χ3v) is 8.30. The van der Waals surface area contributed by atoms with E-state index in [1.54, 1.807) is 42.3 Å². The van der Waals surface area contributed by atoms with Gasteiger partial charge in [-0.25, -0.2) is 13.8 Å². The number of imidazole rings is 1. The number of para-hydroxylation sites is 2. The number of hydrogen-bond donors (Lipinski definition) is 0. The Balaban J connectivity index is 1.25. The Morgan fingerprint density at radius 1 is 0.935 bits per heavy atom. The number of benzene rings is 3. The molecule has 1 aliphatic rings. The zero-order valence-electron chi connectivity index (χ0n) is 25.7. The Labute approximate surface area is 265 Å². The van der Waals surface area contributed by atoms with Crippen molar-refractivity contribution in [2.45, 2.75) is 31.5 Å². The van der Waals surface area contributed by atoms with Crippen molar-refractivity contribution < 1.29 is 31.5 Å². The van der Waals surface area contributed by atoms with Gasteiger partial charge in [0.15, 0.2) is 11.6 Å². The number of rotatable bonds is 12. The molecule has 3 aromatic carbocycles. The molecule has 1 fully saturated rings. The van der Waals surface area contributed by atoms with Gasteiger partial charge in [-0.05, 0) is 67.9 Å². The van der Waals surface area contributed by atoms with E-state index in [1.807, 2.05) is 34.9 Å². The van der Waals surface area contributed by atoms with Crippen LogP contribution in [0.2, 0.25) is 0 Å². The number of ether oxygens (including phenoxy) is 1. The molecule has 0 aliphatic carbocycles. The number of carbonyl (C=O) groups excluding carboxylic acids is 1. The molecule has 0 bridgehead atoms. The quantitative estimate of drug-likeness (QED) is 0.133. The van der Waals surface area contributed by atoms with Crippen LogP contribution in [-0.2, 0) is 11.3 Å². The summed E-state index contributed by atoms with van der Waals surface area (Å²) in [5.41, 5.74) is 2.78. The summed E-state index contributed by atoms with van der Waals surface area (Å²) < 4.78 is 72.8. The highest BCUT2D eigenvalue weighted by atomic mass is 19.4. The molecular formula is C34H38F5N5O2. The lowest BCUT2D eigenvalue weighted by molar-refractivity contribution is -0.174. The van der Waals surface area contributed by atoms with Crippen molar-refractivity contribution in [3.05, 3.63) is 95.6 Å². The van der Waals surface area contributed by atoms with Crippen LogP contribution in [0.4, 0.5) is 27.9 Å². The van der Waals surface area contributed by atoms with Crippen molar-refractivity contribution >= 4 is 22.9 Å². The van der Waals surface area contributed by atoms with Gasteiger partial charge >= 0.3 is 6.18 Å². The van der Waals surface area contributed by atoms with Gasteiger partial charge in [-0.2, -0.15) is 13.2 Å². The molecule has 7 nitrogen and oxygen atoms in total. The second kappa shape index (κ2) is 15.0. The van der Waals surface area contributed by atoms with Gasteiger partial charge in [-0.15, -0.1) is 0 Å². The topological polar surface area (TPSA) is 53.8 Å². The van der Waals surface area contributed by atoms with Crippen LogP contribution in [0.15, 0.2) is 72.8 Å². The SMILES string of the molecule is CN(CC(CCN1CCCN(c2nc3ccccc3n2CCOCC(F)(F)F)CC1)c1ccc(F)c(F)c1)C(=O)c1ccccc1. The van der Waals surface area contributed by atoms with E-state index in [0.717, 1.165) is 30.1 Å². The number of hydrogen-bond acceptors (Lipinski definition) is 5. The van der Waals surface area contributed by atoms with Crippen molar-refractivity contribution in [1.29, 1.82) is 0 Å². The van der Waals surface area contributed by atoms with Gasteiger partial charge in [0, 0.05) is 51.3 Å². The first-order valence-corrected chi connectivity index (χ1v) is 15.4. The van der Waals surface area contributed by atoms with Crippen LogP contribution >= 0.6 is 0 Å². The summed E-state index contributed by atoms with van der Waals surface area (Å²) >= 11 is 0. The van der Waals surface area contributed by atoms with Crippen LogP contribution in [-0.4, -0.2) is 91.0 Å². The predicted octanol–water partition coefficient (Wildman–Crippen LogP) is 6.35. The second-order valence-corrected chi connectivity index (χ2v) is 11.6. The van der Waals surface area contributed by atoms with E-state index in [1.165, 1.54) is 6.07 Å². The van der Waals surface area contributed by atoms with Gasteiger partial charge in [0.05, 0.1) is 17.6 Å². The Bertz CT molecular complexity index is 1600. The molecule has 1 unspecified atom stereocenters. The number of nitrogens with zero attached hydrogens (tertiary/aromatic N) is 5. The van der Waals surface area contributed by atoms with E-state index in [2.05, 4.69) is 9.80 Å². The van der Waals surface area contributed by atoms with E-state index in [9.17, 15) is 26.7 Å². The van der Waals surface area contributed by atoms with E-state index in [4.69, 9.17) is 9.72 Å². The Morgan fingerprint density at radius 3 is 2.46 bits per heavy atom. The molecule has 5 rings (SSSR count). The monoisotopic (exact) mass is 643 g/mol. The first-order valence-electron chi connectivity index (χ1n) is 15.4. The summed E-state index contributed by atoms with van der Waals surface area (Å²) in [7, 11) is 1.71. The fraction of sp³-hybridized carbons (Fsp3) is 0.412.